The minimum absolute atomic E-state index is 0.0451. The topological polar surface area (TPSA) is 62.9 Å². The fraction of sp³-hybridized carbons (Fsp3) is 0.545. The Morgan fingerprint density at radius 3 is 3.06 bits per heavy atom. The van der Waals surface area contributed by atoms with Gasteiger partial charge in [-0.15, -0.1) is 0 Å². The van der Waals surface area contributed by atoms with Crippen molar-refractivity contribution in [3.63, 3.8) is 0 Å². The smallest absolute Gasteiger partial charge is 0.259 e. The molecule has 1 saturated heterocycles. The Labute approximate surface area is 104 Å². The predicted octanol–water partition coefficient (Wildman–Crippen LogP) is 1.15. The molecule has 17 heavy (non-hydrogen) atoms. The molecule has 1 aliphatic rings. The van der Waals surface area contributed by atoms with Crippen molar-refractivity contribution in [2.75, 3.05) is 19.8 Å². The zero-order chi connectivity index (χ0) is 12.4. The summed E-state index contributed by atoms with van der Waals surface area (Å²) in [5.41, 5.74) is 0.345. The maximum atomic E-state index is 12.2. The number of nitrogens with zero attached hydrogens (tertiary/aromatic N) is 1. The number of furan rings is 1. The van der Waals surface area contributed by atoms with E-state index >= 15 is 0 Å². The van der Waals surface area contributed by atoms with Crippen LogP contribution in [0.25, 0.3) is 0 Å². The highest BCUT2D eigenvalue weighted by Crippen LogP contribution is 2.21. The summed E-state index contributed by atoms with van der Waals surface area (Å²) in [5, 5.41) is 9.15. The van der Waals surface area contributed by atoms with Crippen LogP contribution in [-0.4, -0.2) is 47.8 Å². The van der Waals surface area contributed by atoms with Crippen LogP contribution in [-0.2, 0) is 4.74 Å². The molecule has 0 bridgehead atoms. The molecule has 0 spiro atoms. The van der Waals surface area contributed by atoms with E-state index in [1.54, 1.807) is 11.0 Å². The molecule has 2 rings (SSSR count). The van der Waals surface area contributed by atoms with Crippen molar-refractivity contribution in [1.82, 2.24) is 4.90 Å². The molecule has 1 aromatic heterocycles. The maximum absolute atomic E-state index is 12.2. The number of carbonyl (C=O) groups excluding carboxylic acids is 1. The number of ether oxygens (including phenoxy) is 1. The van der Waals surface area contributed by atoms with Gasteiger partial charge in [0, 0.05) is 6.54 Å². The van der Waals surface area contributed by atoms with Crippen LogP contribution in [0, 0.1) is 0 Å². The van der Waals surface area contributed by atoms with Gasteiger partial charge in [0.05, 0.1) is 37.2 Å². The van der Waals surface area contributed by atoms with Crippen molar-refractivity contribution in [3.8, 4) is 0 Å². The van der Waals surface area contributed by atoms with E-state index < -0.39 is 0 Å². The highest BCUT2D eigenvalue weighted by atomic mass is 35.5. The molecule has 1 aliphatic heterocycles. The zero-order valence-electron chi connectivity index (χ0n) is 9.43. The number of carbonyl (C=O) groups is 1. The Balaban J connectivity index is 2.15. The van der Waals surface area contributed by atoms with Crippen LogP contribution in [0.2, 0.25) is 5.22 Å². The number of hydrogen-bond acceptors (Lipinski definition) is 4. The number of morpholine rings is 1. The molecule has 94 valence electrons. The van der Waals surface area contributed by atoms with E-state index in [1.165, 1.54) is 6.26 Å². The predicted molar refractivity (Wildman–Crippen MR) is 61.0 cm³/mol. The van der Waals surface area contributed by atoms with E-state index in [1.807, 2.05) is 6.92 Å². The summed E-state index contributed by atoms with van der Waals surface area (Å²) >= 11 is 5.78. The van der Waals surface area contributed by atoms with Gasteiger partial charge in [-0.2, -0.15) is 0 Å². The van der Waals surface area contributed by atoms with Crippen LogP contribution in [0.15, 0.2) is 16.7 Å². The molecule has 0 aromatic carbocycles. The number of halogens is 1. The summed E-state index contributed by atoms with van der Waals surface area (Å²) in [6.07, 6.45) is 1.05. The number of aliphatic hydroxyl groups is 1. The Hall–Kier alpha value is -1.04. The van der Waals surface area contributed by atoms with Gasteiger partial charge in [0.15, 0.2) is 0 Å². The standard InChI is InChI=1S/C11H14ClNO4/c1-7-6-17-8(5-14)4-13(7)11(15)9-2-3-16-10(9)12/h2-3,7-8,14H,4-6H2,1H3. The van der Waals surface area contributed by atoms with Crippen LogP contribution in [0.3, 0.4) is 0 Å². The van der Waals surface area contributed by atoms with Crippen molar-refractivity contribution in [2.24, 2.45) is 0 Å². The van der Waals surface area contributed by atoms with Crippen molar-refractivity contribution in [2.45, 2.75) is 19.1 Å². The third kappa shape index (κ3) is 2.46. The van der Waals surface area contributed by atoms with Crippen molar-refractivity contribution >= 4 is 17.5 Å². The molecular weight excluding hydrogens is 246 g/mol. The Kier molecular flexibility index (Phi) is 3.71. The Morgan fingerprint density at radius 2 is 2.47 bits per heavy atom. The van der Waals surface area contributed by atoms with Gasteiger partial charge < -0.3 is 19.2 Å². The van der Waals surface area contributed by atoms with Gasteiger partial charge in [0.2, 0.25) is 5.22 Å². The van der Waals surface area contributed by atoms with Gasteiger partial charge in [-0.05, 0) is 24.6 Å². The summed E-state index contributed by atoms with van der Waals surface area (Å²) in [7, 11) is 0. The summed E-state index contributed by atoms with van der Waals surface area (Å²) in [4.78, 5) is 13.8. The SMILES string of the molecule is CC1COC(CO)CN1C(=O)c1ccoc1Cl. The van der Waals surface area contributed by atoms with Gasteiger partial charge >= 0.3 is 0 Å². The van der Waals surface area contributed by atoms with E-state index in [2.05, 4.69) is 0 Å². The first kappa shape index (κ1) is 12.4. The molecule has 0 aliphatic carbocycles. The molecule has 2 atom stereocenters. The molecule has 1 amide bonds. The summed E-state index contributed by atoms with van der Waals surface area (Å²) in [6.45, 7) is 2.56. The van der Waals surface area contributed by atoms with Gasteiger partial charge in [0.1, 0.15) is 0 Å². The molecule has 2 heterocycles. The quantitative estimate of drug-likeness (QED) is 0.866. The van der Waals surface area contributed by atoms with Gasteiger partial charge in [-0.1, -0.05) is 0 Å². The first-order valence-electron chi connectivity index (χ1n) is 5.40. The lowest BCUT2D eigenvalue weighted by Gasteiger charge is -2.37. The lowest BCUT2D eigenvalue weighted by Crippen LogP contribution is -2.52. The summed E-state index contributed by atoms with van der Waals surface area (Å²) in [6, 6.07) is 1.50. The maximum Gasteiger partial charge on any atom is 0.259 e. The molecule has 6 heteroatoms. The molecule has 2 unspecified atom stereocenters. The van der Waals surface area contributed by atoms with E-state index in [0.717, 1.165) is 0 Å². The third-order valence-electron chi connectivity index (χ3n) is 2.82. The van der Waals surface area contributed by atoms with Crippen LogP contribution >= 0.6 is 11.6 Å². The van der Waals surface area contributed by atoms with Gasteiger partial charge in [-0.25, -0.2) is 0 Å². The average Bonchev–Trinajstić information content (AvgIpc) is 2.75. The number of hydrogen-bond donors (Lipinski definition) is 1. The molecule has 0 saturated carbocycles. The highest BCUT2D eigenvalue weighted by molar-refractivity contribution is 6.32. The molecule has 5 nitrogen and oxygen atoms in total. The second-order valence-electron chi connectivity index (χ2n) is 4.05. The molecule has 1 aromatic rings. The van der Waals surface area contributed by atoms with Crippen LogP contribution < -0.4 is 0 Å². The van der Waals surface area contributed by atoms with Gasteiger partial charge in [-0.3, -0.25) is 4.79 Å². The number of aliphatic hydroxyl groups excluding tert-OH is 1. The molecular formula is C11H14ClNO4. The zero-order valence-corrected chi connectivity index (χ0v) is 10.2. The van der Waals surface area contributed by atoms with Crippen LogP contribution in [0.1, 0.15) is 17.3 Å². The first-order valence-corrected chi connectivity index (χ1v) is 5.77. The molecule has 0 radical (unpaired) electrons. The Bertz CT molecular complexity index is 406. The molecule has 1 fully saturated rings. The van der Waals surface area contributed by atoms with Gasteiger partial charge in [0.25, 0.3) is 5.91 Å². The van der Waals surface area contributed by atoms with E-state index in [0.29, 0.717) is 18.7 Å². The average molecular weight is 260 g/mol. The summed E-state index contributed by atoms with van der Waals surface area (Å²) in [5.74, 6) is -0.196. The second kappa shape index (κ2) is 5.08. The monoisotopic (exact) mass is 259 g/mol. The van der Waals surface area contributed by atoms with E-state index in [9.17, 15) is 4.79 Å². The fourth-order valence-corrected chi connectivity index (χ4v) is 2.01. The van der Waals surface area contributed by atoms with Crippen molar-refractivity contribution in [3.05, 3.63) is 23.1 Å². The molecule has 1 N–H and O–H groups in total. The van der Waals surface area contributed by atoms with E-state index in [4.69, 9.17) is 25.9 Å². The minimum atomic E-state index is -0.333. The minimum Gasteiger partial charge on any atom is -0.452 e. The number of amides is 1. The first-order chi connectivity index (χ1) is 8.13. The van der Waals surface area contributed by atoms with Crippen molar-refractivity contribution < 1.29 is 19.1 Å². The largest absolute Gasteiger partial charge is 0.452 e. The number of rotatable bonds is 2. The third-order valence-corrected chi connectivity index (χ3v) is 3.11. The highest BCUT2D eigenvalue weighted by Gasteiger charge is 2.31. The lowest BCUT2D eigenvalue weighted by molar-refractivity contribution is -0.0667. The fourth-order valence-electron chi connectivity index (χ4n) is 1.81. The second-order valence-corrected chi connectivity index (χ2v) is 4.40. The van der Waals surface area contributed by atoms with Crippen LogP contribution in [0.5, 0.6) is 0 Å². The Morgan fingerprint density at radius 1 is 1.71 bits per heavy atom. The van der Waals surface area contributed by atoms with Crippen LogP contribution in [0.4, 0.5) is 0 Å². The lowest BCUT2D eigenvalue weighted by atomic mass is 10.1. The van der Waals surface area contributed by atoms with E-state index in [-0.39, 0.29) is 29.9 Å². The normalized spacial score (nSPS) is 25.0. The van der Waals surface area contributed by atoms with Crippen molar-refractivity contribution in [1.29, 1.82) is 0 Å². The summed E-state index contributed by atoms with van der Waals surface area (Å²) < 4.78 is 10.3.